The largest absolute Gasteiger partial charge is 0.444 e. The lowest BCUT2D eigenvalue weighted by molar-refractivity contribution is 0.0221. The summed E-state index contributed by atoms with van der Waals surface area (Å²) in [6, 6.07) is 16.6. The topological polar surface area (TPSA) is 119 Å². The molecular weight excluding hydrogens is 578 g/mol. The molecule has 3 N–H and O–H groups in total. The molecule has 46 heavy (non-hydrogen) atoms. The lowest BCUT2D eigenvalue weighted by Gasteiger charge is -2.28. The van der Waals surface area contributed by atoms with Crippen molar-refractivity contribution in [3.8, 4) is 33.8 Å². The predicted molar refractivity (Wildman–Crippen MR) is 179 cm³/mol. The fourth-order valence-electron chi connectivity index (χ4n) is 6.28. The Labute approximate surface area is 271 Å². The molecule has 4 aromatic rings. The van der Waals surface area contributed by atoms with Crippen molar-refractivity contribution >= 4 is 12.1 Å². The molecule has 0 saturated carbocycles. The fraction of sp³-hybridized carbons (Fsp3) is 0.444. The SMILES string of the molecule is CC(C)(C)NC(=O)N1CCCC1c1ncc(-c2ccc(-c3ccc(-c4ncc(C5CCCN5C(=O)OC(C)(C)C)[nH]4)cc3)cc2)[nH]1. The molecule has 242 valence electrons. The molecule has 2 saturated heterocycles. The highest BCUT2D eigenvalue weighted by Crippen LogP contribution is 2.35. The zero-order valence-corrected chi connectivity index (χ0v) is 27.7. The summed E-state index contributed by atoms with van der Waals surface area (Å²) in [6.45, 7) is 13.1. The third-order valence-electron chi connectivity index (χ3n) is 8.43. The molecule has 4 heterocycles. The molecule has 0 bridgehead atoms. The second kappa shape index (κ2) is 12.3. The third-order valence-corrected chi connectivity index (χ3v) is 8.43. The Morgan fingerprint density at radius 2 is 1.35 bits per heavy atom. The molecule has 10 nitrogen and oxygen atoms in total. The maximum atomic E-state index is 12.9. The number of ether oxygens (including phenoxy) is 1. The first-order valence-electron chi connectivity index (χ1n) is 16.2. The lowest BCUT2D eigenvalue weighted by Crippen LogP contribution is -2.48. The number of benzene rings is 2. The Morgan fingerprint density at radius 3 is 1.98 bits per heavy atom. The number of hydrogen-bond acceptors (Lipinski definition) is 5. The second-order valence-electron chi connectivity index (χ2n) is 14.4. The highest BCUT2D eigenvalue weighted by Gasteiger charge is 2.35. The molecule has 2 aliphatic heterocycles. The molecule has 2 aromatic heterocycles. The van der Waals surface area contributed by atoms with E-state index in [-0.39, 0.29) is 29.7 Å². The van der Waals surface area contributed by atoms with Crippen LogP contribution in [0.15, 0.2) is 60.9 Å². The summed E-state index contributed by atoms with van der Waals surface area (Å²) >= 11 is 0. The Kier molecular flexibility index (Phi) is 8.39. The number of urea groups is 1. The van der Waals surface area contributed by atoms with Gasteiger partial charge in [0.1, 0.15) is 17.2 Å². The standard InChI is InChI=1S/C36H45N7O3/c1-35(2,3)41-33(44)42-19-8-10-30(42)32-38-21-27(39-32)25-15-11-23(12-16-25)24-13-17-26(18-14-24)31-37-22-28(40-31)29-9-7-20-43(29)34(45)46-36(4,5)6/h11-18,21-22,29-30H,7-10,19-20H2,1-6H3,(H,37,40)(H,38,39)(H,41,44). The minimum Gasteiger partial charge on any atom is -0.444 e. The summed E-state index contributed by atoms with van der Waals surface area (Å²) in [5, 5.41) is 3.08. The van der Waals surface area contributed by atoms with Crippen molar-refractivity contribution in [1.82, 2.24) is 35.1 Å². The number of amides is 3. The smallest absolute Gasteiger partial charge is 0.410 e. The van der Waals surface area contributed by atoms with Crippen LogP contribution in [0.3, 0.4) is 0 Å². The highest BCUT2D eigenvalue weighted by atomic mass is 16.6. The van der Waals surface area contributed by atoms with Gasteiger partial charge >= 0.3 is 12.1 Å². The Bertz CT molecular complexity index is 1550. The van der Waals surface area contributed by atoms with E-state index in [1.54, 1.807) is 4.90 Å². The van der Waals surface area contributed by atoms with E-state index in [9.17, 15) is 9.59 Å². The van der Waals surface area contributed by atoms with Crippen molar-refractivity contribution in [1.29, 1.82) is 0 Å². The van der Waals surface area contributed by atoms with Crippen LogP contribution in [0.1, 0.15) is 90.8 Å². The predicted octanol–water partition coefficient (Wildman–Crippen LogP) is 7.85. The van der Waals surface area contributed by atoms with Crippen LogP contribution in [0.25, 0.3) is 33.8 Å². The van der Waals surface area contributed by atoms with Gasteiger partial charge in [-0.05, 0) is 83.9 Å². The molecule has 0 spiro atoms. The van der Waals surface area contributed by atoms with Gasteiger partial charge in [-0.3, -0.25) is 4.90 Å². The molecule has 0 aliphatic carbocycles. The van der Waals surface area contributed by atoms with Gasteiger partial charge in [0.2, 0.25) is 0 Å². The van der Waals surface area contributed by atoms with E-state index in [4.69, 9.17) is 4.74 Å². The quantitative estimate of drug-likeness (QED) is 0.209. The van der Waals surface area contributed by atoms with Gasteiger partial charge in [0.15, 0.2) is 0 Å². The van der Waals surface area contributed by atoms with E-state index >= 15 is 0 Å². The van der Waals surface area contributed by atoms with Crippen LogP contribution in [0, 0.1) is 0 Å². The molecule has 0 radical (unpaired) electrons. The molecular formula is C36H45N7O3. The normalized spacial score (nSPS) is 18.7. The van der Waals surface area contributed by atoms with Gasteiger partial charge < -0.3 is 24.9 Å². The number of likely N-dealkylation sites (tertiary alicyclic amines) is 2. The number of rotatable bonds is 5. The average Bonchev–Trinajstić information content (AvgIpc) is 3.82. The second-order valence-corrected chi connectivity index (χ2v) is 14.4. The van der Waals surface area contributed by atoms with Crippen molar-refractivity contribution in [3.63, 3.8) is 0 Å². The van der Waals surface area contributed by atoms with Crippen LogP contribution in [0.2, 0.25) is 0 Å². The number of nitrogens with one attached hydrogen (secondary N) is 3. The summed E-state index contributed by atoms with van der Waals surface area (Å²) in [6.07, 6.45) is 7.07. The summed E-state index contributed by atoms with van der Waals surface area (Å²) < 4.78 is 5.63. The Balaban J connectivity index is 1.11. The van der Waals surface area contributed by atoms with E-state index in [0.717, 1.165) is 77.5 Å². The van der Waals surface area contributed by atoms with Gasteiger partial charge in [-0.25, -0.2) is 19.6 Å². The number of aromatic nitrogens is 4. The molecule has 6 rings (SSSR count). The van der Waals surface area contributed by atoms with Crippen LogP contribution < -0.4 is 5.32 Å². The molecule has 2 aliphatic rings. The summed E-state index contributed by atoms with van der Waals surface area (Å²) in [7, 11) is 0. The number of carbonyl (C=O) groups excluding carboxylic acids is 2. The monoisotopic (exact) mass is 623 g/mol. The van der Waals surface area contributed by atoms with Crippen molar-refractivity contribution in [3.05, 3.63) is 72.4 Å². The van der Waals surface area contributed by atoms with Crippen LogP contribution in [-0.2, 0) is 4.74 Å². The van der Waals surface area contributed by atoms with E-state index in [1.807, 2.05) is 58.8 Å². The summed E-state index contributed by atoms with van der Waals surface area (Å²) in [5.74, 6) is 1.60. The molecule has 2 atom stereocenters. The zero-order valence-electron chi connectivity index (χ0n) is 27.7. The van der Waals surface area contributed by atoms with Gasteiger partial charge in [-0.2, -0.15) is 0 Å². The van der Waals surface area contributed by atoms with Gasteiger partial charge in [0, 0.05) is 24.2 Å². The van der Waals surface area contributed by atoms with Crippen molar-refractivity contribution in [2.45, 2.75) is 90.4 Å². The van der Waals surface area contributed by atoms with Crippen molar-refractivity contribution in [2.24, 2.45) is 0 Å². The van der Waals surface area contributed by atoms with E-state index in [0.29, 0.717) is 6.54 Å². The molecule has 10 heteroatoms. The maximum Gasteiger partial charge on any atom is 0.410 e. The lowest BCUT2D eigenvalue weighted by atomic mass is 10.0. The first-order chi connectivity index (χ1) is 21.8. The maximum absolute atomic E-state index is 12.9. The number of H-pyrrole nitrogens is 2. The summed E-state index contributed by atoms with van der Waals surface area (Å²) in [4.78, 5) is 45.6. The Morgan fingerprint density at radius 1 is 0.761 bits per heavy atom. The molecule has 2 fully saturated rings. The van der Waals surface area contributed by atoms with Crippen molar-refractivity contribution < 1.29 is 14.3 Å². The number of carbonyl (C=O) groups is 2. The zero-order chi connectivity index (χ0) is 32.6. The number of nitrogens with zero attached hydrogens (tertiary/aromatic N) is 4. The van der Waals surface area contributed by atoms with Crippen LogP contribution in [0.4, 0.5) is 9.59 Å². The molecule has 2 unspecified atom stereocenters. The minimum atomic E-state index is -0.530. The number of hydrogen-bond donors (Lipinski definition) is 3. The van der Waals surface area contributed by atoms with Gasteiger partial charge in [-0.15, -0.1) is 0 Å². The average molecular weight is 624 g/mol. The minimum absolute atomic E-state index is 0.0468. The number of imidazole rings is 2. The first kappa shape index (κ1) is 31.4. The van der Waals surface area contributed by atoms with E-state index in [2.05, 4.69) is 73.8 Å². The van der Waals surface area contributed by atoms with E-state index < -0.39 is 5.60 Å². The van der Waals surface area contributed by atoms with Gasteiger partial charge in [0.25, 0.3) is 0 Å². The third kappa shape index (κ3) is 6.95. The van der Waals surface area contributed by atoms with Crippen LogP contribution in [-0.4, -0.2) is 66.1 Å². The Hall–Kier alpha value is -4.60. The van der Waals surface area contributed by atoms with E-state index in [1.165, 1.54) is 0 Å². The fourth-order valence-corrected chi connectivity index (χ4v) is 6.28. The number of aromatic amines is 2. The van der Waals surface area contributed by atoms with Gasteiger partial charge in [-0.1, -0.05) is 48.5 Å². The summed E-state index contributed by atoms with van der Waals surface area (Å²) in [5.41, 5.74) is 5.27. The molecule has 2 aromatic carbocycles. The van der Waals surface area contributed by atoms with Crippen molar-refractivity contribution in [2.75, 3.05) is 13.1 Å². The van der Waals surface area contributed by atoms with Crippen LogP contribution in [0.5, 0.6) is 0 Å². The van der Waals surface area contributed by atoms with Crippen LogP contribution >= 0.6 is 0 Å². The highest BCUT2D eigenvalue weighted by molar-refractivity contribution is 5.76. The molecule has 3 amide bonds. The first-order valence-corrected chi connectivity index (χ1v) is 16.2. The van der Waals surface area contributed by atoms with Gasteiger partial charge in [0.05, 0.1) is 35.9 Å².